The normalized spacial score (nSPS) is 17.9. The predicted molar refractivity (Wildman–Crippen MR) is 84.4 cm³/mol. The quantitative estimate of drug-likeness (QED) is 0.839. The lowest BCUT2D eigenvalue weighted by Gasteiger charge is -2.26. The highest BCUT2D eigenvalue weighted by Crippen LogP contribution is 2.21. The SMILES string of the molecule is CCC(NC(C)CN1CCCC1=O)c1ccc(OC)cc1. The van der Waals surface area contributed by atoms with E-state index in [1.807, 2.05) is 17.0 Å². The zero-order valence-corrected chi connectivity index (χ0v) is 13.3. The minimum absolute atomic E-state index is 0.291. The Morgan fingerprint density at radius 2 is 2.05 bits per heavy atom. The predicted octanol–water partition coefficient (Wildman–Crippen LogP) is 2.75. The maximum atomic E-state index is 11.7. The Hall–Kier alpha value is -1.55. The molecule has 1 aliphatic rings. The van der Waals surface area contributed by atoms with E-state index in [0.717, 1.165) is 31.7 Å². The van der Waals surface area contributed by atoms with Crippen LogP contribution in [-0.4, -0.2) is 37.0 Å². The number of hydrogen-bond acceptors (Lipinski definition) is 3. The molecule has 0 saturated carbocycles. The van der Waals surface area contributed by atoms with Crippen LogP contribution in [0.1, 0.15) is 44.7 Å². The summed E-state index contributed by atoms with van der Waals surface area (Å²) < 4.78 is 5.20. The minimum Gasteiger partial charge on any atom is -0.497 e. The molecule has 0 aromatic heterocycles. The molecule has 1 aromatic rings. The van der Waals surface area contributed by atoms with Gasteiger partial charge in [0.1, 0.15) is 5.75 Å². The largest absolute Gasteiger partial charge is 0.497 e. The third kappa shape index (κ3) is 4.21. The van der Waals surface area contributed by atoms with Crippen LogP contribution < -0.4 is 10.1 Å². The van der Waals surface area contributed by atoms with Crippen molar-refractivity contribution in [3.8, 4) is 5.75 Å². The van der Waals surface area contributed by atoms with E-state index in [9.17, 15) is 4.79 Å². The number of ether oxygens (including phenoxy) is 1. The number of amides is 1. The van der Waals surface area contributed by atoms with Crippen LogP contribution >= 0.6 is 0 Å². The smallest absolute Gasteiger partial charge is 0.222 e. The van der Waals surface area contributed by atoms with Gasteiger partial charge < -0.3 is 15.0 Å². The summed E-state index contributed by atoms with van der Waals surface area (Å²) in [5.74, 6) is 1.17. The Kier molecular flexibility index (Phi) is 5.62. The summed E-state index contributed by atoms with van der Waals surface area (Å²) >= 11 is 0. The van der Waals surface area contributed by atoms with E-state index in [2.05, 4.69) is 31.3 Å². The Morgan fingerprint density at radius 3 is 2.57 bits per heavy atom. The van der Waals surface area contributed by atoms with Crippen LogP contribution in [0.4, 0.5) is 0 Å². The van der Waals surface area contributed by atoms with Gasteiger partial charge in [0.15, 0.2) is 0 Å². The second-order valence-electron chi connectivity index (χ2n) is 5.75. The van der Waals surface area contributed by atoms with Gasteiger partial charge in [-0.25, -0.2) is 0 Å². The van der Waals surface area contributed by atoms with Crippen molar-refractivity contribution in [3.05, 3.63) is 29.8 Å². The summed E-state index contributed by atoms with van der Waals surface area (Å²) in [6.07, 6.45) is 2.73. The van der Waals surface area contributed by atoms with E-state index in [0.29, 0.717) is 24.4 Å². The van der Waals surface area contributed by atoms with E-state index in [1.165, 1.54) is 5.56 Å². The molecule has 4 heteroatoms. The molecular formula is C17H26N2O2. The van der Waals surface area contributed by atoms with Crippen LogP contribution in [0, 0.1) is 0 Å². The van der Waals surface area contributed by atoms with Crippen molar-refractivity contribution in [2.75, 3.05) is 20.2 Å². The van der Waals surface area contributed by atoms with Crippen LogP contribution in [0.15, 0.2) is 24.3 Å². The molecule has 1 heterocycles. The number of carbonyl (C=O) groups excluding carboxylic acids is 1. The first-order valence-electron chi connectivity index (χ1n) is 7.81. The van der Waals surface area contributed by atoms with Crippen molar-refractivity contribution >= 4 is 5.91 Å². The zero-order valence-electron chi connectivity index (χ0n) is 13.3. The molecule has 2 rings (SSSR count). The summed E-state index contributed by atoms with van der Waals surface area (Å²) in [5.41, 5.74) is 1.26. The van der Waals surface area contributed by atoms with E-state index in [-0.39, 0.29) is 0 Å². The maximum Gasteiger partial charge on any atom is 0.222 e. The first kappa shape index (κ1) is 15.8. The maximum absolute atomic E-state index is 11.7. The Labute approximate surface area is 127 Å². The monoisotopic (exact) mass is 290 g/mol. The van der Waals surface area contributed by atoms with E-state index in [1.54, 1.807) is 7.11 Å². The Balaban J connectivity index is 1.92. The molecule has 116 valence electrons. The molecule has 1 N–H and O–H groups in total. The number of nitrogens with zero attached hydrogens (tertiary/aromatic N) is 1. The van der Waals surface area contributed by atoms with Gasteiger partial charge in [0.2, 0.25) is 5.91 Å². The van der Waals surface area contributed by atoms with E-state index in [4.69, 9.17) is 4.74 Å². The highest BCUT2D eigenvalue weighted by atomic mass is 16.5. The number of rotatable bonds is 7. The van der Waals surface area contributed by atoms with Gasteiger partial charge in [0, 0.05) is 31.6 Å². The van der Waals surface area contributed by atoms with Crippen LogP contribution in [0.2, 0.25) is 0 Å². The topological polar surface area (TPSA) is 41.6 Å². The van der Waals surface area contributed by atoms with Crippen LogP contribution in [0.25, 0.3) is 0 Å². The summed E-state index contributed by atoms with van der Waals surface area (Å²) in [5, 5.41) is 3.63. The summed E-state index contributed by atoms with van der Waals surface area (Å²) in [7, 11) is 1.68. The fourth-order valence-corrected chi connectivity index (χ4v) is 2.91. The van der Waals surface area contributed by atoms with Gasteiger partial charge in [0.05, 0.1) is 7.11 Å². The number of benzene rings is 1. The van der Waals surface area contributed by atoms with Gasteiger partial charge in [-0.05, 0) is 37.5 Å². The van der Waals surface area contributed by atoms with Crippen molar-refractivity contribution < 1.29 is 9.53 Å². The number of hydrogen-bond donors (Lipinski definition) is 1. The molecule has 21 heavy (non-hydrogen) atoms. The molecular weight excluding hydrogens is 264 g/mol. The molecule has 2 unspecified atom stereocenters. The molecule has 4 nitrogen and oxygen atoms in total. The van der Waals surface area contributed by atoms with Crippen LogP contribution in [0.3, 0.4) is 0 Å². The molecule has 1 aromatic carbocycles. The molecule has 1 saturated heterocycles. The van der Waals surface area contributed by atoms with Crippen LogP contribution in [-0.2, 0) is 4.79 Å². The first-order valence-corrected chi connectivity index (χ1v) is 7.81. The minimum atomic E-state index is 0.291. The van der Waals surface area contributed by atoms with Gasteiger partial charge in [0.25, 0.3) is 0 Å². The fraction of sp³-hybridized carbons (Fsp3) is 0.588. The first-order chi connectivity index (χ1) is 10.1. The molecule has 2 atom stereocenters. The van der Waals surface area contributed by atoms with E-state index < -0.39 is 0 Å². The van der Waals surface area contributed by atoms with Gasteiger partial charge in [-0.15, -0.1) is 0 Å². The van der Waals surface area contributed by atoms with Crippen molar-refractivity contribution in [3.63, 3.8) is 0 Å². The third-order valence-corrected chi connectivity index (χ3v) is 4.08. The number of carbonyl (C=O) groups is 1. The Bertz CT molecular complexity index is 458. The number of likely N-dealkylation sites (tertiary alicyclic amines) is 1. The Morgan fingerprint density at radius 1 is 1.33 bits per heavy atom. The van der Waals surface area contributed by atoms with E-state index >= 15 is 0 Å². The highest BCUT2D eigenvalue weighted by Gasteiger charge is 2.22. The molecule has 1 amide bonds. The lowest BCUT2D eigenvalue weighted by atomic mass is 10.0. The molecule has 0 spiro atoms. The number of methoxy groups -OCH3 is 1. The molecule has 0 bridgehead atoms. The summed E-state index contributed by atoms with van der Waals surface area (Å²) in [4.78, 5) is 13.7. The second-order valence-corrected chi connectivity index (χ2v) is 5.75. The average molecular weight is 290 g/mol. The van der Waals surface area contributed by atoms with Gasteiger partial charge >= 0.3 is 0 Å². The van der Waals surface area contributed by atoms with Crippen molar-refractivity contribution in [1.29, 1.82) is 0 Å². The molecule has 1 aliphatic heterocycles. The average Bonchev–Trinajstić information content (AvgIpc) is 2.90. The lowest BCUT2D eigenvalue weighted by molar-refractivity contribution is -0.127. The van der Waals surface area contributed by atoms with Gasteiger partial charge in [-0.2, -0.15) is 0 Å². The molecule has 0 radical (unpaired) electrons. The number of nitrogens with one attached hydrogen (secondary N) is 1. The summed E-state index contributed by atoms with van der Waals surface area (Å²) in [6.45, 7) is 6.03. The lowest BCUT2D eigenvalue weighted by Crippen LogP contribution is -2.41. The van der Waals surface area contributed by atoms with Crippen LogP contribution in [0.5, 0.6) is 5.75 Å². The fourth-order valence-electron chi connectivity index (χ4n) is 2.91. The van der Waals surface area contributed by atoms with Gasteiger partial charge in [-0.1, -0.05) is 19.1 Å². The third-order valence-electron chi connectivity index (χ3n) is 4.08. The zero-order chi connectivity index (χ0) is 15.2. The van der Waals surface area contributed by atoms with Crippen molar-refractivity contribution in [1.82, 2.24) is 10.2 Å². The molecule has 0 aliphatic carbocycles. The highest BCUT2D eigenvalue weighted by molar-refractivity contribution is 5.78. The summed E-state index contributed by atoms with van der Waals surface area (Å²) in [6, 6.07) is 8.80. The standard InChI is InChI=1S/C17H26N2O2/c1-4-16(14-7-9-15(21-3)10-8-14)18-13(2)12-19-11-5-6-17(19)20/h7-10,13,16,18H,4-6,11-12H2,1-3H3. The van der Waals surface area contributed by atoms with Gasteiger partial charge in [-0.3, -0.25) is 4.79 Å². The molecule has 1 fully saturated rings. The van der Waals surface area contributed by atoms with Crippen molar-refractivity contribution in [2.45, 2.75) is 45.2 Å². The van der Waals surface area contributed by atoms with Crippen molar-refractivity contribution in [2.24, 2.45) is 0 Å². The second kappa shape index (κ2) is 7.46.